The molecule has 0 unspecified atom stereocenters. The van der Waals surface area contributed by atoms with E-state index in [0.29, 0.717) is 11.8 Å². The number of nitrogens with zero attached hydrogens (tertiary/aromatic N) is 1. The topological polar surface area (TPSA) is 24.9 Å². The van der Waals surface area contributed by atoms with Crippen LogP contribution >= 0.6 is 0 Å². The summed E-state index contributed by atoms with van der Waals surface area (Å²) < 4.78 is 13.6. The van der Waals surface area contributed by atoms with E-state index in [1.165, 1.54) is 40.9 Å². The third kappa shape index (κ3) is 5.41. The second-order valence-corrected chi connectivity index (χ2v) is 8.27. The third-order valence-corrected chi connectivity index (χ3v) is 5.27. The molecule has 0 amide bonds. The second-order valence-electron chi connectivity index (χ2n) is 8.27. The van der Waals surface area contributed by atoms with Gasteiger partial charge in [-0.05, 0) is 65.6 Å². The van der Waals surface area contributed by atoms with Gasteiger partial charge >= 0.3 is 0 Å². The van der Waals surface area contributed by atoms with Crippen LogP contribution in [0.5, 0.6) is 0 Å². The van der Waals surface area contributed by atoms with Gasteiger partial charge in [0.2, 0.25) is 0 Å². The summed E-state index contributed by atoms with van der Waals surface area (Å²) >= 11 is 0. The first kappa shape index (κ1) is 22.5. The van der Waals surface area contributed by atoms with Crippen molar-refractivity contribution in [3.8, 4) is 11.1 Å². The van der Waals surface area contributed by atoms with Gasteiger partial charge in [-0.15, -0.1) is 0 Å². The number of benzene rings is 1. The highest BCUT2D eigenvalue weighted by molar-refractivity contribution is 5.73. The van der Waals surface area contributed by atoms with Crippen LogP contribution in [-0.4, -0.2) is 11.5 Å². The maximum atomic E-state index is 13.6. The van der Waals surface area contributed by atoms with Crippen LogP contribution in [0.3, 0.4) is 0 Å². The Morgan fingerprint density at radius 2 is 1.50 bits per heavy atom. The molecule has 0 aliphatic heterocycles. The Morgan fingerprint density at radius 3 is 2.04 bits per heavy atom. The number of hydrogen-bond acceptors (Lipinski definition) is 2. The van der Waals surface area contributed by atoms with Crippen molar-refractivity contribution in [1.29, 1.82) is 0 Å². The van der Waals surface area contributed by atoms with E-state index in [4.69, 9.17) is 4.98 Å². The number of pyridine rings is 1. The molecule has 0 aliphatic rings. The van der Waals surface area contributed by atoms with Crippen LogP contribution < -0.4 is 5.32 Å². The Balaban J connectivity index is 2.78. The predicted octanol–water partition coefficient (Wildman–Crippen LogP) is 6.98. The summed E-state index contributed by atoms with van der Waals surface area (Å²) in [5, 5.41) is 3.51. The van der Waals surface area contributed by atoms with Crippen LogP contribution in [-0.2, 0) is 13.0 Å². The maximum absolute atomic E-state index is 13.6. The Bertz CT molecular complexity index is 748. The van der Waals surface area contributed by atoms with Gasteiger partial charge in [-0.2, -0.15) is 0 Å². The van der Waals surface area contributed by atoms with Gasteiger partial charge in [0.25, 0.3) is 0 Å². The quantitative estimate of drug-likeness (QED) is 0.447. The molecule has 0 fully saturated rings. The average molecular weight is 385 g/mol. The van der Waals surface area contributed by atoms with Crippen LogP contribution in [0, 0.1) is 5.82 Å². The number of rotatable bonds is 10. The fourth-order valence-corrected chi connectivity index (χ4v) is 3.86. The van der Waals surface area contributed by atoms with Crippen molar-refractivity contribution in [1.82, 2.24) is 10.3 Å². The molecule has 1 heterocycles. The molecule has 0 radical (unpaired) electrons. The Labute approximate surface area is 171 Å². The maximum Gasteiger partial charge on any atom is 0.123 e. The monoisotopic (exact) mass is 384 g/mol. The van der Waals surface area contributed by atoms with E-state index in [9.17, 15) is 4.39 Å². The van der Waals surface area contributed by atoms with Crippen molar-refractivity contribution in [2.45, 2.75) is 85.6 Å². The molecule has 2 aromatic rings. The molecule has 0 saturated carbocycles. The summed E-state index contributed by atoms with van der Waals surface area (Å²) in [6.07, 6.45) is 4.60. The number of hydrogen-bond donors (Lipinski definition) is 1. The average Bonchev–Trinajstić information content (AvgIpc) is 2.66. The van der Waals surface area contributed by atoms with Gasteiger partial charge in [0.1, 0.15) is 5.82 Å². The number of nitrogens with one attached hydrogen (secondary N) is 1. The highest BCUT2D eigenvalue weighted by Gasteiger charge is 2.23. The van der Waals surface area contributed by atoms with Crippen LogP contribution in [0.25, 0.3) is 11.1 Å². The van der Waals surface area contributed by atoms with Crippen molar-refractivity contribution in [3.05, 3.63) is 52.6 Å². The van der Waals surface area contributed by atoms with E-state index in [1.54, 1.807) is 12.1 Å². The molecule has 3 heteroatoms. The summed E-state index contributed by atoms with van der Waals surface area (Å²) in [7, 11) is 0. The van der Waals surface area contributed by atoms with E-state index < -0.39 is 0 Å². The zero-order chi connectivity index (χ0) is 20.7. The molecule has 1 N–H and O–H groups in total. The molecular formula is C25H37FN2. The zero-order valence-corrected chi connectivity index (χ0v) is 18.5. The van der Waals surface area contributed by atoms with E-state index in [2.05, 4.69) is 46.9 Å². The van der Waals surface area contributed by atoms with Gasteiger partial charge in [-0.1, -0.05) is 66.5 Å². The Morgan fingerprint density at radius 1 is 0.893 bits per heavy atom. The fourth-order valence-electron chi connectivity index (χ4n) is 3.86. The zero-order valence-electron chi connectivity index (χ0n) is 18.5. The lowest BCUT2D eigenvalue weighted by atomic mass is 9.85. The van der Waals surface area contributed by atoms with Gasteiger partial charge in [0.15, 0.2) is 0 Å². The Hall–Kier alpha value is -1.74. The predicted molar refractivity (Wildman–Crippen MR) is 118 cm³/mol. The molecule has 0 bridgehead atoms. The second kappa shape index (κ2) is 10.7. The molecule has 1 aromatic heterocycles. The number of aromatic nitrogens is 1. The molecule has 0 spiro atoms. The minimum absolute atomic E-state index is 0.188. The third-order valence-electron chi connectivity index (χ3n) is 5.27. The van der Waals surface area contributed by atoms with Gasteiger partial charge in [0.05, 0.1) is 0 Å². The van der Waals surface area contributed by atoms with Crippen molar-refractivity contribution in [2.24, 2.45) is 0 Å². The van der Waals surface area contributed by atoms with Crippen LogP contribution in [0.1, 0.15) is 95.2 Å². The molecule has 2 rings (SSSR count). The molecule has 0 saturated heterocycles. The largest absolute Gasteiger partial charge is 0.313 e. The van der Waals surface area contributed by atoms with Crippen LogP contribution in [0.2, 0.25) is 0 Å². The molecule has 2 nitrogen and oxygen atoms in total. The first-order valence-corrected chi connectivity index (χ1v) is 10.9. The molecule has 28 heavy (non-hydrogen) atoms. The first-order chi connectivity index (χ1) is 13.4. The normalized spacial score (nSPS) is 11.6. The van der Waals surface area contributed by atoms with Gasteiger partial charge in [-0.25, -0.2) is 4.39 Å². The standard InChI is InChI=1S/C25H37FN2/c1-7-9-10-11-21-23(19-12-14-20(26)15-13-19)22(16-27-8-2)25(18(5)6)28-24(21)17(3)4/h12-15,17-18,27H,7-11,16H2,1-6H3. The summed E-state index contributed by atoms with van der Waals surface area (Å²) in [5.41, 5.74) is 7.39. The minimum Gasteiger partial charge on any atom is -0.313 e. The lowest BCUT2D eigenvalue weighted by molar-refractivity contribution is 0.628. The fraction of sp³-hybridized carbons (Fsp3) is 0.560. The van der Waals surface area contributed by atoms with Gasteiger partial charge in [-0.3, -0.25) is 4.98 Å². The van der Waals surface area contributed by atoms with E-state index in [0.717, 1.165) is 31.5 Å². The molecule has 154 valence electrons. The number of halogens is 1. The lowest BCUT2D eigenvalue weighted by Gasteiger charge is -2.25. The van der Waals surface area contributed by atoms with Crippen LogP contribution in [0.15, 0.2) is 24.3 Å². The minimum atomic E-state index is -0.188. The summed E-state index contributed by atoms with van der Waals surface area (Å²) in [6, 6.07) is 7.01. The lowest BCUT2D eigenvalue weighted by Crippen LogP contribution is -2.19. The molecular weight excluding hydrogens is 347 g/mol. The smallest absolute Gasteiger partial charge is 0.123 e. The van der Waals surface area contributed by atoms with E-state index in [-0.39, 0.29) is 5.82 Å². The van der Waals surface area contributed by atoms with Crippen molar-refractivity contribution >= 4 is 0 Å². The summed E-state index contributed by atoms with van der Waals surface area (Å²) in [6.45, 7) is 15.0. The van der Waals surface area contributed by atoms with Gasteiger partial charge in [0, 0.05) is 17.9 Å². The van der Waals surface area contributed by atoms with Crippen LogP contribution in [0.4, 0.5) is 4.39 Å². The Kier molecular flexibility index (Phi) is 8.62. The summed E-state index contributed by atoms with van der Waals surface area (Å²) in [4.78, 5) is 5.19. The summed E-state index contributed by atoms with van der Waals surface area (Å²) in [5.74, 6) is 0.517. The molecule has 1 aromatic carbocycles. The highest BCUT2D eigenvalue weighted by Crippen LogP contribution is 2.37. The van der Waals surface area contributed by atoms with Crippen molar-refractivity contribution < 1.29 is 4.39 Å². The van der Waals surface area contributed by atoms with Crippen molar-refractivity contribution in [2.75, 3.05) is 6.54 Å². The SMILES string of the molecule is CCCCCc1c(C(C)C)nc(C(C)C)c(CNCC)c1-c1ccc(F)cc1. The van der Waals surface area contributed by atoms with Crippen molar-refractivity contribution in [3.63, 3.8) is 0 Å². The van der Waals surface area contributed by atoms with Gasteiger partial charge < -0.3 is 5.32 Å². The van der Waals surface area contributed by atoms with E-state index in [1.807, 2.05) is 12.1 Å². The highest BCUT2D eigenvalue weighted by atomic mass is 19.1. The van der Waals surface area contributed by atoms with E-state index >= 15 is 0 Å². The molecule has 0 atom stereocenters. The molecule has 0 aliphatic carbocycles. The number of unbranched alkanes of at least 4 members (excludes halogenated alkanes) is 2. The first-order valence-electron chi connectivity index (χ1n) is 10.9.